The minimum atomic E-state index is -0.734. The van der Waals surface area contributed by atoms with Gasteiger partial charge in [0.15, 0.2) is 0 Å². The van der Waals surface area contributed by atoms with E-state index in [0.717, 1.165) is 48.8 Å². The van der Waals surface area contributed by atoms with Crippen LogP contribution in [0.5, 0.6) is 5.75 Å². The summed E-state index contributed by atoms with van der Waals surface area (Å²) in [6.45, 7) is 6.45. The van der Waals surface area contributed by atoms with Crippen LogP contribution in [0.4, 0.5) is 0 Å². The van der Waals surface area contributed by atoms with Crippen LogP contribution in [0.1, 0.15) is 62.0 Å². The first-order chi connectivity index (χ1) is 15.0. The fraction of sp³-hybridized carbons (Fsp3) is 0.583. The van der Waals surface area contributed by atoms with E-state index in [1.54, 1.807) is 7.11 Å². The monoisotopic (exact) mass is 426 g/mol. The summed E-state index contributed by atoms with van der Waals surface area (Å²) in [5.41, 5.74) is 2.04. The lowest BCUT2D eigenvalue weighted by Crippen LogP contribution is -2.38. The van der Waals surface area contributed by atoms with Gasteiger partial charge in [-0.1, -0.05) is 26.0 Å². The zero-order valence-corrected chi connectivity index (χ0v) is 18.7. The molecule has 1 aliphatic carbocycles. The third kappa shape index (κ3) is 4.62. The molecule has 1 saturated carbocycles. The summed E-state index contributed by atoms with van der Waals surface area (Å²) in [6, 6.07) is 7.94. The Hall–Kier alpha value is -2.38. The summed E-state index contributed by atoms with van der Waals surface area (Å²) in [5.74, 6) is 1.52. The van der Waals surface area contributed by atoms with E-state index in [-0.39, 0.29) is 29.7 Å². The highest BCUT2D eigenvalue weighted by Gasteiger charge is 2.48. The Balaban J connectivity index is 1.53. The molecule has 0 bridgehead atoms. The summed E-state index contributed by atoms with van der Waals surface area (Å²) < 4.78 is 5.24. The number of rotatable bonds is 7. The fourth-order valence-electron chi connectivity index (χ4n) is 4.88. The second kappa shape index (κ2) is 9.40. The predicted octanol–water partition coefficient (Wildman–Crippen LogP) is 2.79. The van der Waals surface area contributed by atoms with Gasteiger partial charge in [0.25, 0.3) is 0 Å². The number of benzene rings is 1. The van der Waals surface area contributed by atoms with E-state index in [4.69, 9.17) is 4.74 Å². The van der Waals surface area contributed by atoms with Crippen LogP contribution >= 0.6 is 0 Å². The zero-order chi connectivity index (χ0) is 22.0. The normalized spacial score (nSPS) is 26.0. The number of nitrogens with one attached hydrogen (secondary N) is 2. The SMILES string of the molecule is COc1ccc(CN[C@@H]2C[C@H](C(=O)N3CCCC3)[C@@H](O)[C@H]2c2cnc(C(C)C)[nH]2)cc1. The van der Waals surface area contributed by atoms with E-state index in [2.05, 4.69) is 29.1 Å². The van der Waals surface area contributed by atoms with Crippen molar-refractivity contribution in [2.24, 2.45) is 5.92 Å². The van der Waals surface area contributed by atoms with Crippen molar-refractivity contribution in [2.75, 3.05) is 20.2 Å². The highest BCUT2D eigenvalue weighted by Crippen LogP contribution is 2.40. The second-order valence-electron chi connectivity index (χ2n) is 9.10. The third-order valence-electron chi connectivity index (χ3n) is 6.71. The van der Waals surface area contributed by atoms with Gasteiger partial charge in [0.1, 0.15) is 11.6 Å². The van der Waals surface area contributed by atoms with E-state index < -0.39 is 6.10 Å². The Morgan fingerprint density at radius 1 is 1.29 bits per heavy atom. The number of ether oxygens (including phenoxy) is 1. The highest BCUT2D eigenvalue weighted by atomic mass is 16.5. The van der Waals surface area contributed by atoms with Crippen LogP contribution < -0.4 is 10.1 Å². The van der Waals surface area contributed by atoms with Gasteiger partial charge in [0.05, 0.1) is 19.1 Å². The minimum absolute atomic E-state index is 0.0193. The molecule has 2 aliphatic rings. The molecule has 7 heteroatoms. The van der Waals surface area contributed by atoms with Crippen molar-refractivity contribution in [1.82, 2.24) is 20.2 Å². The largest absolute Gasteiger partial charge is 0.497 e. The maximum atomic E-state index is 13.1. The van der Waals surface area contributed by atoms with E-state index >= 15 is 0 Å². The van der Waals surface area contributed by atoms with Gasteiger partial charge in [0, 0.05) is 49.4 Å². The summed E-state index contributed by atoms with van der Waals surface area (Å²) >= 11 is 0. The number of hydrogen-bond donors (Lipinski definition) is 3. The zero-order valence-electron chi connectivity index (χ0n) is 18.7. The standard InChI is InChI=1S/C24H34N4O3/c1-15(2)23-26-14-20(27-23)21-19(25-13-16-6-8-17(31-3)9-7-16)12-18(22(21)29)24(30)28-10-4-5-11-28/h6-9,14-15,18-19,21-22,25,29H,4-5,10-13H2,1-3H3,(H,26,27)/t18-,19+,21+,22+/m0/s1. The predicted molar refractivity (Wildman–Crippen MR) is 119 cm³/mol. The first-order valence-electron chi connectivity index (χ1n) is 11.4. The van der Waals surface area contributed by atoms with Gasteiger partial charge in [-0.25, -0.2) is 4.98 Å². The molecule has 4 atom stereocenters. The molecule has 2 heterocycles. The van der Waals surface area contributed by atoms with Crippen molar-refractivity contribution in [3.05, 3.63) is 47.5 Å². The van der Waals surface area contributed by atoms with Crippen LogP contribution in [-0.2, 0) is 11.3 Å². The molecule has 0 spiro atoms. The Morgan fingerprint density at radius 3 is 2.61 bits per heavy atom. The van der Waals surface area contributed by atoms with Crippen LogP contribution in [0.3, 0.4) is 0 Å². The molecular weight excluding hydrogens is 392 g/mol. The molecule has 1 aromatic carbocycles. The molecule has 0 radical (unpaired) electrons. The molecule has 7 nitrogen and oxygen atoms in total. The molecule has 31 heavy (non-hydrogen) atoms. The first-order valence-corrected chi connectivity index (χ1v) is 11.4. The Kier molecular flexibility index (Phi) is 6.62. The molecule has 1 aliphatic heterocycles. The number of aromatic amines is 1. The molecule has 2 aromatic rings. The quantitative estimate of drug-likeness (QED) is 0.633. The topological polar surface area (TPSA) is 90.5 Å². The molecule has 1 aromatic heterocycles. The summed E-state index contributed by atoms with van der Waals surface area (Å²) in [5, 5.41) is 14.9. The lowest BCUT2D eigenvalue weighted by atomic mass is 9.95. The summed E-state index contributed by atoms with van der Waals surface area (Å²) in [4.78, 5) is 23.0. The number of nitrogens with zero attached hydrogens (tertiary/aromatic N) is 2. The number of amides is 1. The van der Waals surface area contributed by atoms with Gasteiger partial charge in [0.2, 0.25) is 5.91 Å². The van der Waals surface area contributed by atoms with Crippen molar-refractivity contribution in [3.63, 3.8) is 0 Å². The maximum Gasteiger partial charge on any atom is 0.228 e. The number of carbonyl (C=O) groups is 1. The van der Waals surface area contributed by atoms with E-state index in [0.29, 0.717) is 13.0 Å². The molecular formula is C24H34N4O3. The Morgan fingerprint density at radius 2 is 2.00 bits per heavy atom. The number of likely N-dealkylation sites (tertiary alicyclic amines) is 1. The minimum Gasteiger partial charge on any atom is -0.497 e. The first kappa shape index (κ1) is 21.8. The van der Waals surface area contributed by atoms with Gasteiger partial charge >= 0.3 is 0 Å². The lowest BCUT2D eigenvalue weighted by Gasteiger charge is -2.24. The number of aliphatic hydroxyl groups is 1. The highest BCUT2D eigenvalue weighted by molar-refractivity contribution is 5.80. The van der Waals surface area contributed by atoms with Gasteiger partial charge in [-0.2, -0.15) is 0 Å². The van der Waals surface area contributed by atoms with Crippen LogP contribution in [0.2, 0.25) is 0 Å². The van der Waals surface area contributed by atoms with E-state index in [1.165, 1.54) is 0 Å². The number of carbonyl (C=O) groups excluding carboxylic acids is 1. The van der Waals surface area contributed by atoms with Crippen molar-refractivity contribution in [2.45, 2.75) is 63.6 Å². The van der Waals surface area contributed by atoms with Gasteiger partial charge in [-0.3, -0.25) is 4.79 Å². The molecule has 168 valence electrons. The molecule has 1 saturated heterocycles. The summed E-state index contributed by atoms with van der Waals surface area (Å²) in [7, 11) is 1.66. The number of hydrogen-bond acceptors (Lipinski definition) is 5. The lowest BCUT2D eigenvalue weighted by molar-refractivity contribution is -0.137. The van der Waals surface area contributed by atoms with Crippen molar-refractivity contribution < 1.29 is 14.6 Å². The Labute approximate surface area is 184 Å². The molecule has 4 rings (SSSR count). The van der Waals surface area contributed by atoms with Crippen LogP contribution in [0, 0.1) is 5.92 Å². The van der Waals surface area contributed by atoms with Gasteiger partial charge < -0.3 is 25.0 Å². The number of H-pyrrole nitrogens is 1. The van der Waals surface area contributed by atoms with Crippen molar-refractivity contribution in [3.8, 4) is 5.75 Å². The number of methoxy groups -OCH3 is 1. The van der Waals surface area contributed by atoms with Gasteiger partial charge in [-0.05, 0) is 37.0 Å². The number of imidazole rings is 1. The average Bonchev–Trinajstić information content (AvgIpc) is 3.52. The van der Waals surface area contributed by atoms with Crippen LogP contribution in [-0.4, -0.2) is 58.2 Å². The number of aliphatic hydroxyl groups excluding tert-OH is 1. The van der Waals surface area contributed by atoms with Crippen LogP contribution in [0.25, 0.3) is 0 Å². The maximum absolute atomic E-state index is 13.1. The second-order valence-corrected chi connectivity index (χ2v) is 9.10. The smallest absolute Gasteiger partial charge is 0.228 e. The van der Waals surface area contributed by atoms with Crippen LogP contribution in [0.15, 0.2) is 30.5 Å². The summed E-state index contributed by atoms with van der Waals surface area (Å²) in [6.07, 6.45) is 3.81. The van der Waals surface area contributed by atoms with E-state index in [1.807, 2.05) is 35.4 Å². The third-order valence-corrected chi connectivity index (χ3v) is 6.71. The Bertz CT molecular complexity index is 873. The fourth-order valence-corrected chi connectivity index (χ4v) is 4.88. The van der Waals surface area contributed by atoms with Crippen molar-refractivity contribution in [1.29, 1.82) is 0 Å². The van der Waals surface area contributed by atoms with E-state index in [9.17, 15) is 9.90 Å². The number of aromatic nitrogens is 2. The molecule has 3 N–H and O–H groups in total. The van der Waals surface area contributed by atoms with Crippen molar-refractivity contribution >= 4 is 5.91 Å². The molecule has 2 fully saturated rings. The molecule has 0 unspecified atom stereocenters. The molecule has 1 amide bonds. The average molecular weight is 427 g/mol. The van der Waals surface area contributed by atoms with Gasteiger partial charge in [-0.15, -0.1) is 0 Å².